The summed E-state index contributed by atoms with van der Waals surface area (Å²) >= 11 is 1.59. The smallest absolute Gasteiger partial charge is 0.310 e. The number of aliphatic carboxylic acids is 1. The largest absolute Gasteiger partial charge is 0.481 e. The van der Waals surface area contributed by atoms with Gasteiger partial charge < -0.3 is 14.7 Å². The van der Waals surface area contributed by atoms with Crippen LogP contribution >= 0.6 is 11.3 Å². The van der Waals surface area contributed by atoms with Crippen molar-refractivity contribution >= 4 is 23.2 Å². The zero-order valence-electron chi connectivity index (χ0n) is 10.6. The highest BCUT2D eigenvalue weighted by atomic mass is 32.1. The normalized spacial score (nSPS) is 37.7. The molecule has 0 aliphatic carbocycles. The van der Waals surface area contributed by atoms with Crippen LogP contribution in [0.1, 0.15) is 4.88 Å². The summed E-state index contributed by atoms with van der Waals surface area (Å²) in [5.74, 6) is -2.37. The SMILES string of the molecule is O=C(O)C1C2C(=O)N(Cc3cccs3)C[C@@]23C=C[C@@H]1O3. The van der Waals surface area contributed by atoms with Crippen molar-refractivity contribution in [1.82, 2.24) is 4.90 Å². The second-order valence-corrected chi connectivity index (χ2v) is 6.54. The second-order valence-electron chi connectivity index (χ2n) is 5.51. The molecule has 2 unspecified atom stereocenters. The number of likely N-dealkylation sites (tertiary alicyclic amines) is 1. The molecule has 1 aromatic heterocycles. The molecule has 0 radical (unpaired) electrons. The zero-order valence-corrected chi connectivity index (χ0v) is 11.4. The van der Waals surface area contributed by atoms with E-state index in [-0.39, 0.29) is 5.91 Å². The van der Waals surface area contributed by atoms with Crippen LogP contribution in [0.25, 0.3) is 0 Å². The minimum absolute atomic E-state index is 0.0994. The van der Waals surface area contributed by atoms with Crippen molar-refractivity contribution in [3.8, 4) is 0 Å². The minimum Gasteiger partial charge on any atom is -0.481 e. The summed E-state index contributed by atoms with van der Waals surface area (Å²) in [6.07, 6.45) is 3.22. The average Bonchev–Trinajstić information content (AvgIpc) is 3.12. The quantitative estimate of drug-likeness (QED) is 0.847. The topological polar surface area (TPSA) is 66.8 Å². The number of ether oxygens (including phenoxy) is 1. The fraction of sp³-hybridized carbons (Fsp3) is 0.429. The van der Waals surface area contributed by atoms with Crippen LogP contribution in [0.2, 0.25) is 0 Å². The first-order valence-corrected chi connectivity index (χ1v) is 7.40. The van der Waals surface area contributed by atoms with Crippen LogP contribution < -0.4 is 0 Å². The number of carbonyl (C=O) groups is 2. The minimum atomic E-state index is -0.947. The highest BCUT2D eigenvalue weighted by Gasteiger charge is 2.66. The highest BCUT2D eigenvalue weighted by molar-refractivity contribution is 7.09. The summed E-state index contributed by atoms with van der Waals surface area (Å²) in [5, 5.41) is 11.3. The Balaban J connectivity index is 1.65. The summed E-state index contributed by atoms with van der Waals surface area (Å²) in [6.45, 7) is 0.980. The Morgan fingerprint density at radius 2 is 2.45 bits per heavy atom. The zero-order chi connectivity index (χ0) is 13.9. The van der Waals surface area contributed by atoms with Crippen LogP contribution in [0, 0.1) is 11.8 Å². The molecule has 4 atom stereocenters. The second kappa shape index (κ2) is 3.93. The van der Waals surface area contributed by atoms with E-state index in [4.69, 9.17) is 4.74 Å². The molecule has 0 saturated carbocycles. The lowest BCUT2D eigenvalue weighted by molar-refractivity contribution is -0.148. The van der Waals surface area contributed by atoms with Gasteiger partial charge in [-0.2, -0.15) is 0 Å². The number of nitrogens with zero attached hydrogens (tertiary/aromatic N) is 1. The number of hydrogen-bond acceptors (Lipinski definition) is 4. The molecule has 0 aromatic carbocycles. The number of carboxylic acid groups (broad SMARTS) is 1. The Bertz CT molecular complexity index is 611. The molecular weight excluding hydrogens is 278 g/mol. The molecule has 4 rings (SSSR count). The van der Waals surface area contributed by atoms with E-state index >= 15 is 0 Å². The first-order chi connectivity index (χ1) is 9.61. The van der Waals surface area contributed by atoms with Gasteiger partial charge in [0.05, 0.1) is 25.1 Å². The predicted molar refractivity (Wildman–Crippen MR) is 71.1 cm³/mol. The molecule has 2 bridgehead atoms. The van der Waals surface area contributed by atoms with Gasteiger partial charge in [-0.25, -0.2) is 0 Å². The average molecular weight is 291 g/mol. The van der Waals surface area contributed by atoms with Crippen LogP contribution in [0.3, 0.4) is 0 Å². The lowest BCUT2D eigenvalue weighted by Gasteiger charge is -2.21. The van der Waals surface area contributed by atoms with Crippen LogP contribution in [-0.2, 0) is 20.9 Å². The number of rotatable bonds is 3. The number of fused-ring (bicyclic) bond motifs is 1. The van der Waals surface area contributed by atoms with Gasteiger partial charge in [-0.3, -0.25) is 9.59 Å². The first-order valence-electron chi connectivity index (χ1n) is 6.52. The highest BCUT2D eigenvalue weighted by Crippen LogP contribution is 2.52. The van der Waals surface area contributed by atoms with E-state index in [0.717, 1.165) is 4.88 Å². The lowest BCUT2D eigenvalue weighted by atomic mass is 9.77. The van der Waals surface area contributed by atoms with Crippen molar-refractivity contribution in [2.75, 3.05) is 6.54 Å². The molecule has 4 heterocycles. The molecule has 6 heteroatoms. The van der Waals surface area contributed by atoms with Crippen molar-refractivity contribution < 1.29 is 19.4 Å². The Morgan fingerprint density at radius 1 is 1.60 bits per heavy atom. The molecule has 1 amide bonds. The van der Waals surface area contributed by atoms with E-state index in [1.807, 2.05) is 23.6 Å². The van der Waals surface area contributed by atoms with Gasteiger partial charge >= 0.3 is 5.97 Å². The van der Waals surface area contributed by atoms with Crippen molar-refractivity contribution in [3.63, 3.8) is 0 Å². The van der Waals surface area contributed by atoms with Crippen LogP contribution in [-0.4, -0.2) is 40.1 Å². The van der Waals surface area contributed by atoms with Gasteiger partial charge in [0.2, 0.25) is 5.91 Å². The Labute approximate surface area is 119 Å². The Kier molecular flexibility index (Phi) is 2.38. The van der Waals surface area contributed by atoms with Gasteiger partial charge in [0.25, 0.3) is 0 Å². The Morgan fingerprint density at radius 3 is 3.15 bits per heavy atom. The molecule has 2 fully saturated rings. The summed E-state index contributed by atoms with van der Waals surface area (Å²) < 4.78 is 5.83. The number of amides is 1. The van der Waals surface area contributed by atoms with E-state index in [1.165, 1.54) is 0 Å². The van der Waals surface area contributed by atoms with Crippen LogP contribution in [0.5, 0.6) is 0 Å². The van der Waals surface area contributed by atoms with Gasteiger partial charge in [0.15, 0.2) is 0 Å². The fourth-order valence-corrected chi connectivity index (χ4v) is 4.30. The molecular formula is C14H13NO4S. The number of hydrogen-bond donors (Lipinski definition) is 1. The predicted octanol–water partition coefficient (Wildman–Crippen LogP) is 1.11. The third-order valence-corrected chi connectivity index (χ3v) is 5.25. The molecule has 1 aromatic rings. The summed E-state index contributed by atoms with van der Waals surface area (Å²) in [6, 6.07) is 3.92. The fourth-order valence-electron chi connectivity index (χ4n) is 3.58. The maximum atomic E-state index is 12.6. The molecule has 104 valence electrons. The molecule has 2 saturated heterocycles. The van der Waals surface area contributed by atoms with Gasteiger partial charge in [-0.05, 0) is 11.4 Å². The maximum Gasteiger partial charge on any atom is 0.310 e. The van der Waals surface area contributed by atoms with Crippen molar-refractivity contribution in [1.29, 1.82) is 0 Å². The standard InChI is InChI=1S/C14H13NO4S/c16-12-11-10(13(17)18)9-3-4-14(11,19-9)7-15(12)6-8-2-1-5-20-8/h1-5,9-11H,6-7H2,(H,17,18)/t9-,10?,11?,14-/m0/s1. The molecule has 1 N–H and O–H groups in total. The summed E-state index contributed by atoms with van der Waals surface area (Å²) in [4.78, 5) is 26.8. The number of carboxylic acids is 1. The molecule has 5 nitrogen and oxygen atoms in total. The summed E-state index contributed by atoms with van der Waals surface area (Å²) in [5.41, 5.74) is -0.720. The van der Waals surface area contributed by atoms with Crippen molar-refractivity contribution in [3.05, 3.63) is 34.5 Å². The van der Waals surface area contributed by atoms with Gasteiger partial charge in [0.1, 0.15) is 11.5 Å². The number of thiophene rings is 1. The van der Waals surface area contributed by atoms with Gasteiger partial charge in [0, 0.05) is 4.88 Å². The van der Waals surface area contributed by atoms with E-state index in [0.29, 0.717) is 13.1 Å². The molecule has 3 aliphatic heterocycles. The molecule has 1 spiro atoms. The summed E-state index contributed by atoms with van der Waals surface area (Å²) in [7, 11) is 0. The maximum absolute atomic E-state index is 12.6. The first kappa shape index (κ1) is 12.1. The number of carbonyl (C=O) groups excluding carboxylic acids is 1. The molecule has 3 aliphatic rings. The van der Waals surface area contributed by atoms with E-state index < -0.39 is 29.5 Å². The third-order valence-electron chi connectivity index (χ3n) is 4.39. The van der Waals surface area contributed by atoms with Crippen LogP contribution in [0.4, 0.5) is 0 Å². The van der Waals surface area contributed by atoms with E-state index in [1.54, 1.807) is 22.3 Å². The van der Waals surface area contributed by atoms with E-state index in [9.17, 15) is 14.7 Å². The van der Waals surface area contributed by atoms with Gasteiger partial charge in [-0.1, -0.05) is 18.2 Å². The van der Waals surface area contributed by atoms with Crippen molar-refractivity contribution in [2.24, 2.45) is 11.8 Å². The Hall–Kier alpha value is -1.66. The third kappa shape index (κ3) is 1.46. The van der Waals surface area contributed by atoms with Crippen molar-refractivity contribution in [2.45, 2.75) is 18.2 Å². The monoisotopic (exact) mass is 291 g/mol. The van der Waals surface area contributed by atoms with Gasteiger partial charge in [-0.15, -0.1) is 11.3 Å². The molecule has 20 heavy (non-hydrogen) atoms. The van der Waals surface area contributed by atoms with E-state index in [2.05, 4.69) is 0 Å². The van der Waals surface area contributed by atoms with Crippen LogP contribution in [0.15, 0.2) is 29.7 Å². The lowest BCUT2D eigenvalue weighted by Crippen LogP contribution is -2.39.